The first-order valence-corrected chi connectivity index (χ1v) is 27.4. The van der Waals surface area contributed by atoms with Gasteiger partial charge in [0, 0.05) is 6.42 Å². The van der Waals surface area contributed by atoms with Gasteiger partial charge in [0.1, 0.15) is 6.10 Å². The smallest absolute Gasteiger partial charge is 0.306 e. The van der Waals surface area contributed by atoms with Crippen LogP contribution in [0, 0.1) is 0 Å². The number of carbonyl (C=O) groups is 2. The fourth-order valence-electron chi connectivity index (χ4n) is 7.97. The van der Waals surface area contributed by atoms with Crippen molar-refractivity contribution in [3.63, 3.8) is 0 Å². The molecule has 0 radical (unpaired) electrons. The summed E-state index contributed by atoms with van der Waals surface area (Å²) in [6, 6.07) is -0.726. The van der Waals surface area contributed by atoms with Crippen LogP contribution in [0.3, 0.4) is 0 Å². The Morgan fingerprint density at radius 2 is 0.831 bits per heavy atom. The second kappa shape index (κ2) is 52.0. The second-order valence-corrected chi connectivity index (χ2v) is 18.4. The van der Waals surface area contributed by atoms with E-state index in [1.165, 1.54) is 122 Å². The van der Waals surface area contributed by atoms with Crippen molar-refractivity contribution in [2.24, 2.45) is 0 Å². The largest absolute Gasteiger partial charge is 0.462 e. The number of carbonyl (C=O) groups excluding carboxylic acids is 2. The lowest BCUT2D eigenvalue weighted by atomic mass is 10.0. The number of ether oxygens (including phenoxy) is 1. The van der Waals surface area contributed by atoms with Gasteiger partial charge in [-0.1, -0.05) is 254 Å². The summed E-state index contributed by atoms with van der Waals surface area (Å²) in [5.74, 6) is -0.555. The first kappa shape index (κ1) is 62.0. The van der Waals surface area contributed by atoms with Crippen LogP contribution in [0.1, 0.15) is 252 Å². The van der Waals surface area contributed by atoms with E-state index in [0.717, 1.165) is 83.5 Å². The number of nitrogens with one attached hydrogen (secondary N) is 1. The van der Waals surface area contributed by atoms with Gasteiger partial charge in [-0.25, -0.2) is 0 Å². The summed E-state index contributed by atoms with van der Waals surface area (Å²) in [6.45, 7) is 6.32. The van der Waals surface area contributed by atoms with Crippen LogP contribution in [0.4, 0.5) is 0 Å². The van der Waals surface area contributed by atoms with Gasteiger partial charge in [-0.05, 0) is 70.6 Å². The summed E-state index contributed by atoms with van der Waals surface area (Å²) in [6.07, 6.45) is 67.9. The maximum atomic E-state index is 13.2. The molecule has 0 aromatic carbocycles. The summed E-state index contributed by atoms with van der Waals surface area (Å²) in [5.41, 5.74) is 0. The van der Waals surface area contributed by atoms with Crippen molar-refractivity contribution in [2.75, 3.05) is 6.61 Å². The minimum absolute atomic E-state index is 0.0352. The minimum Gasteiger partial charge on any atom is -0.462 e. The number of esters is 1. The van der Waals surface area contributed by atoms with Gasteiger partial charge in [-0.3, -0.25) is 9.59 Å². The van der Waals surface area contributed by atoms with E-state index in [1.54, 1.807) is 0 Å². The van der Waals surface area contributed by atoms with E-state index < -0.39 is 18.2 Å². The van der Waals surface area contributed by atoms with Gasteiger partial charge < -0.3 is 20.3 Å². The number of rotatable bonds is 48. The predicted octanol–water partition coefficient (Wildman–Crippen LogP) is 16.7. The van der Waals surface area contributed by atoms with E-state index >= 15 is 0 Å². The highest BCUT2D eigenvalue weighted by atomic mass is 16.5. The molecule has 0 heterocycles. The van der Waals surface area contributed by atoms with Gasteiger partial charge in [-0.15, -0.1) is 0 Å². The van der Waals surface area contributed by atoms with Crippen LogP contribution in [0.25, 0.3) is 0 Å². The fraction of sp³-hybridized carbons (Fsp3) is 0.729. The zero-order valence-corrected chi connectivity index (χ0v) is 42.6. The van der Waals surface area contributed by atoms with E-state index in [4.69, 9.17) is 4.74 Å². The van der Waals surface area contributed by atoms with Crippen molar-refractivity contribution in [3.05, 3.63) is 85.1 Å². The number of aliphatic hydroxyl groups is 2. The van der Waals surface area contributed by atoms with Gasteiger partial charge in [0.05, 0.1) is 25.2 Å². The Morgan fingerprint density at radius 3 is 1.28 bits per heavy atom. The van der Waals surface area contributed by atoms with Crippen LogP contribution >= 0.6 is 0 Å². The lowest BCUT2D eigenvalue weighted by Crippen LogP contribution is -2.46. The molecule has 0 fully saturated rings. The minimum atomic E-state index is -0.809. The number of amides is 1. The molecule has 374 valence electrons. The van der Waals surface area contributed by atoms with Crippen molar-refractivity contribution in [3.8, 4) is 0 Å². The van der Waals surface area contributed by atoms with Gasteiger partial charge in [0.2, 0.25) is 5.91 Å². The Kier molecular flexibility index (Phi) is 49.6. The first-order chi connectivity index (χ1) is 32.0. The highest BCUT2D eigenvalue weighted by Crippen LogP contribution is 2.17. The summed E-state index contributed by atoms with van der Waals surface area (Å²) < 4.78 is 5.91. The van der Waals surface area contributed by atoms with Crippen molar-refractivity contribution < 1.29 is 24.5 Å². The maximum Gasteiger partial charge on any atom is 0.306 e. The van der Waals surface area contributed by atoms with Crippen molar-refractivity contribution >= 4 is 11.9 Å². The standard InChI is InChI=1S/C59H103NO5/c1-4-7-10-13-16-19-22-25-27-29-31-34-36-39-42-45-48-51-57(62)56(54-61)60-58(63)53-55(50-47-44-41-38-35-33-30-28-26-23-20-17-14-11-8-5-2)65-59(64)52-49-46-43-40-37-32-24-21-18-15-12-9-6-3/h9,12,15,18,21,23-24,26,28,30,32-33,35,37,55-57,61-62H,4-8,10-11,13-14,16-17,19-20,22,25,27,29,31,34,36,38-54H2,1-3H3,(H,60,63)/b12-9+,18-15+,24-21-,26-23+,30-28+,35-33+,37-32-. The Labute approximate surface area is 402 Å². The van der Waals surface area contributed by atoms with E-state index in [0.29, 0.717) is 19.3 Å². The van der Waals surface area contributed by atoms with Crippen LogP contribution in [0.5, 0.6) is 0 Å². The van der Waals surface area contributed by atoms with E-state index in [-0.39, 0.29) is 24.9 Å². The zero-order chi connectivity index (χ0) is 47.4. The molecule has 1 amide bonds. The SMILES string of the molecule is CC/C=C/C=C/C=C\C=C/CCCCCC(=O)OC(CCCCC/C=C/C=C/C=C/CCCCCCC)CC(=O)NC(CO)C(O)CCCCCCCCCCCCCCCCCCC. The Bertz CT molecular complexity index is 1250. The third kappa shape index (κ3) is 47.3. The second-order valence-electron chi connectivity index (χ2n) is 18.4. The highest BCUT2D eigenvalue weighted by molar-refractivity contribution is 5.77. The molecular weight excluding hydrogens is 803 g/mol. The van der Waals surface area contributed by atoms with Crippen molar-refractivity contribution in [2.45, 2.75) is 270 Å². The number of allylic oxidation sites excluding steroid dienone is 14. The Hall–Kier alpha value is -2.96. The average Bonchev–Trinajstić information content (AvgIpc) is 3.30. The molecule has 0 aliphatic carbocycles. The average molecular weight is 906 g/mol. The third-order valence-corrected chi connectivity index (χ3v) is 12.1. The summed E-state index contributed by atoms with van der Waals surface area (Å²) in [7, 11) is 0. The number of hydrogen-bond acceptors (Lipinski definition) is 5. The molecule has 0 saturated carbocycles. The van der Waals surface area contributed by atoms with E-state index in [1.807, 2.05) is 30.4 Å². The number of aliphatic hydroxyl groups excluding tert-OH is 2. The van der Waals surface area contributed by atoms with Gasteiger partial charge in [0.25, 0.3) is 0 Å². The van der Waals surface area contributed by atoms with E-state index in [2.05, 4.69) is 80.8 Å². The predicted molar refractivity (Wildman–Crippen MR) is 282 cm³/mol. The zero-order valence-electron chi connectivity index (χ0n) is 42.6. The summed E-state index contributed by atoms with van der Waals surface area (Å²) in [4.78, 5) is 26.2. The molecule has 0 rings (SSSR count). The molecule has 0 spiro atoms. The summed E-state index contributed by atoms with van der Waals surface area (Å²) in [5, 5.41) is 23.8. The third-order valence-electron chi connectivity index (χ3n) is 12.1. The highest BCUT2D eigenvalue weighted by Gasteiger charge is 2.24. The summed E-state index contributed by atoms with van der Waals surface area (Å²) >= 11 is 0. The molecule has 0 aromatic rings. The topological polar surface area (TPSA) is 95.9 Å². The molecule has 6 nitrogen and oxygen atoms in total. The molecule has 3 unspecified atom stereocenters. The number of hydrogen-bond donors (Lipinski definition) is 3. The molecule has 0 saturated heterocycles. The maximum absolute atomic E-state index is 13.2. The van der Waals surface area contributed by atoms with Crippen LogP contribution in [0.2, 0.25) is 0 Å². The van der Waals surface area contributed by atoms with Crippen LogP contribution in [-0.2, 0) is 14.3 Å². The molecule has 3 N–H and O–H groups in total. The molecule has 0 aliphatic heterocycles. The molecule has 65 heavy (non-hydrogen) atoms. The van der Waals surface area contributed by atoms with E-state index in [9.17, 15) is 19.8 Å². The lowest BCUT2D eigenvalue weighted by Gasteiger charge is -2.24. The molecule has 6 heteroatoms. The lowest BCUT2D eigenvalue weighted by molar-refractivity contribution is -0.151. The molecule has 3 atom stereocenters. The van der Waals surface area contributed by atoms with Crippen LogP contribution in [0.15, 0.2) is 85.1 Å². The quantitative estimate of drug-likeness (QED) is 0.0321. The Balaban J connectivity index is 4.66. The number of unbranched alkanes of at least 4 members (excludes halogenated alkanes) is 27. The van der Waals surface area contributed by atoms with Crippen LogP contribution in [-0.4, -0.2) is 46.9 Å². The van der Waals surface area contributed by atoms with Gasteiger partial charge in [-0.2, -0.15) is 0 Å². The normalized spacial score (nSPS) is 13.9. The van der Waals surface area contributed by atoms with Gasteiger partial charge in [0.15, 0.2) is 0 Å². The Morgan fingerprint density at radius 1 is 0.462 bits per heavy atom. The van der Waals surface area contributed by atoms with Gasteiger partial charge >= 0.3 is 5.97 Å². The first-order valence-electron chi connectivity index (χ1n) is 27.4. The molecule has 0 bridgehead atoms. The molecular formula is C59H103NO5. The fourth-order valence-corrected chi connectivity index (χ4v) is 7.97. The van der Waals surface area contributed by atoms with Crippen molar-refractivity contribution in [1.82, 2.24) is 5.32 Å². The molecule has 0 aliphatic rings. The molecule has 0 aromatic heterocycles. The van der Waals surface area contributed by atoms with Crippen LogP contribution < -0.4 is 5.32 Å². The van der Waals surface area contributed by atoms with Crippen molar-refractivity contribution in [1.29, 1.82) is 0 Å². The monoisotopic (exact) mass is 906 g/mol.